The summed E-state index contributed by atoms with van der Waals surface area (Å²) in [6.07, 6.45) is 0.711. The Labute approximate surface area is 137 Å². The summed E-state index contributed by atoms with van der Waals surface area (Å²) >= 11 is 16.1. The molecule has 0 spiro atoms. The molecule has 1 aromatic carbocycles. The molecule has 0 fully saturated rings. The Bertz CT molecular complexity index is 594. The van der Waals surface area contributed by atoms with E-state index in [1.807, 2.05) is 38.4 Å². The predicted molar refractivity (Wildman–Crippen MR) is 87.4 cm³/mol. The first-order valence-electron chi connectivity index (χ1n) is 6.10. The van der Waals surface area contributed by atoms with Crippen LogP contribution in [0, 0.1) is 0 Å². The fourth-order valence-corrected chi connectivity index (χ4v) is 2.88. The van der Waals surface area contributed by atoms with Crippen molar-refractivity contribution in [3.8, 4) is 11.1 Å². The minimum atomic E-state index is 0.380. The van der Waals surface area contributed by atoms with Gasteiger partial charge in [-0.2, -0.15) is 0 Å². The fourth-order valence-electron chi connectivity index (χ4n) is 1.77. The summed E-state index contributed by atoms with van der Waals surface area (Å²) in [6, 6.07) is 7.72. The molecule has 6 heteroatoms. The van der Waals surface area contributed by atoms with Gasteiger partial charge in [0.25, 0.3) is 0 Å². The van der Waals surface area contributed by atoms with Crippen molar-refractivity contribution in [3.63, 3.8) is 0 Å². The molecule has 0 aliphatic rings. The lowest BCUT2D eigenvalue weighted by molar-refractivity contribution is 0.409. The van der Waals surface area contributed by atoms with Crippen LogP contribution in [0.4, 0.5) is 0 Å². The van der Waals surface area contributed by atoms with Crippen LogP contribution in [0.1, 0.15) is 5.82 Å². The van der Waals surface area contributed by atoms with Gasteiger partial charge < -0.3 is 4.90 Å². The smallest absolute Gasteiger partial charge is 0.142 e. The van der Waals surface area contributed by atoms with Crippen LogP contribution in [-0.4, -0.2) is 35.5 Å². The normalized spacial score (nSPS) is 11.1. The minimum Gasteiger partial charge on any atom is -0.309 e. The molecular weight excluding hydrogens is 361 g/mol. The van der Waals surface area contributed by atoms with Crippen molar-refractivity contribution in [2.75, 3.05) is 20.6 Å². The Morgan fingerprint density at radius 2 is 1.70 bits per heavy atom. The number of likely N-dealkylation sites (N-methyl/N-ethyl adjacent to an activating group) is 1. The summed E-state index contributed by atoms with van der Waals surface area (Å²) in [5, 5.41) is 0.760. The Hall–Kier alpha value is -0.680. The highest BCUT2D eigenvalue weighted by molar-refractivity contribution is 9.10. The molecule has 2 aromatic rings. The van der Waals surface area contributed by atoms with Crippen LogP contribution in [0.15, 0.2) is 28.7 Å². The lowest BCUT2D eigenvalue weighted by Gasteiger charge is -2.12. The number of hydrogen-bond acceptors (Lipinski definition) is 3. The summed E-state index contributed by atoms with van der Waals surface area (Å²) < 4.78 is 0.911. The monoisotopic (exact) mass is 373 g/mol. The van der Waals surface area contributed by atoms with Gasteiger partial charge in [0, 0.05) is 23.0 Å². The maximum atomic E-state index is 6.29. The molecule has 106 valence electrons. The van der Waals surface area contributed by atoms with Crippen LogP contribution in [0.2, 0.25) is 10.3 Å². The van der Waals surface area contributed by atoms with Crippen molar-refractivity contribution in [2.24, 2.45) is 0 Å². The zero-order chi connectivity index (χ0) is 14.7. The summed E-state index contributed by atoms with van der Waals surface area (Å²) in [5.74, 6) is 0.657. The molecule has 0 saturated heterocycles. The molecule has 0 unspecified atom stereocenters. The van der Waals surface area contributed by atoms with Gasteiger partial charge >= 0.3 is 0 Å². The van der Waals surface area contributed by atoms with E-state index in [9.17, 15) is 0 Å². The Morgan fingerprint density at radius 1 is 1.10 bits per heavy atom. The number of nitrogens with zero attached hydrogens (tertiary/aromatic N) is 3. The van der Waals surface area contributed by atoms with E-state index in [1.165, 1.54) is 0 Å². The first kappa shape index (κ1) is 15.7. The van der Waals surface area contributed by atoms with Crippen molar-refractivity contribution in [1.29, 1.82) is 0 Å². The third-order valence-electron chi connectivity index (χ3n) is 2.79. The van der Waals surface area contributed by atoms with E-state index >= 15 is 0 Å². The molecule has 0 atom stereocenters. The standard InChI is InChI=1S/C14H14BrCl2N3/c1-20(2)8-7-11-18-13(16)12(14(17)19-11)9-5-3-4-6-10(9)15/h3-6H,7-8H2,1-2H3. The summed E-state index contributed by atoms with van der Waals surface area (Å²) in [7, 11) is 4.00. The van der Waals surface area contributed by atoms with Crippen LogP contribution >= 0.6 is 39.1 Å². The topological polar surface area (TPSA) is 29.0 Å². The lowest BCUT2D eigenvalue weighted by atomic mass is 10.1. The molecule has 3 nitrogen and oxygen atoms in total. The van der Waals surface area contributed by atoms with E-state index in [0.717, 1.165) is 16.6 Å². The van der Waals surface area contributed by atoms with Gasteiger partial charge in [0.15, 0.2) is 0 Å². The Balaban J connectivity index is 2.39. The van der Waals surface area contributed by atoms with Crippen LogP contribution in [0.5, 0.6) is 0 Å². The summed E-state index contributed by atoms with van der Waals surface area (Å²) in [4.78, 5) is 10.8. The predicted octanol–water partition coefficient (Wildman–Crippen LogP) is 4.32. The van der Waals surface area contributed by atoms with Gasteiger partial charge in [-0.15, -0.1) is 0 Å². The molecular formula is C14H14BrCl2N3. The number of benzene rings is 1. The van der Waals surface area contributed by atoms with E-state index in [-0.39, 0.29) is 0 Å². The van der Waals surface area contributed by atoms with Gasteiger partial charge in [0.05, 0.1) is 5.56 Å². The molecule has 0 amide bonds. The van der Waals surface area contributed by atoms with Crippen molar-refractivity contribution < 1.29 is 0 Å². The molecule has 0 aliphatic heterocycles. The van der Waals surface area contributed by atoms with Crippen molar-refractivity contribution in [3.05, 3.63) is 44.9 Å². The fraction of sp³-hybridized carbons (Fsp3) is 0.286. The van der Waals surface area contributed by atoms with Gasteiger partial charge in [-0.1, -0.05) is 57.3 Å². The highest BCUT2D eigenvalue weighted by Crippen LogP contribution is 2.36. The quantitative estimate of drug-likeness (QED) is 0.746. The maximum absolute atomic E-state index is 6.29. The molecule has 0 bridgehead atoms. The van der Waals surface area contributed by atoms with Crippen LogP contribution in [0.3, 0.4) is 0 Å². The summed E-state index contributed by atoms with van der Waals surface area (Å²) in [5.41, 5.74) is 1.55. The second kappa shape index (κ2) is 6.85. The van der Waals surface area contributed by atoms with Crippen molar-refractivity contribution >= 4 is 39.1 Å². The Morgan fingerprint density at radius 3 is 2.25 bits per heavy atom. The average molecular weight is 375 g/mol. The largest absolute Gasteiger partial charge is 0.309 e. The van der Waals surface area contributed by atoms with Gasteiger partial charge in [-0.05, 0) is 20.2 Å². The van der Waals surface area contributed by atoms with E-state index in [4.69, 9.17) is 23.2 Å². The highest BCUT2D eigenvalue weighted by atomic mass is 79.9. The summed E-state index contributed by atoms with van der Waals surface area (Å²) in [6.45, 7) is 0.848. The number of rotatable bonds is 4. The van der Waals surface area contributed by atoms with Gasteiger partial charge in [0.1, 0.15) is 16.1 Å². The van der Waals surface area contributed by atoms with E-state index in [2.05, 4.69) is 30.8 Å². The molecule has 1 aromatic heterocycles. The third-order valence-corrected chi connectivity index (χ3v) is 4.03. The highest BCUT2D eigenvalue weighted by Gasteiger charge is 2.15. The van der Waals surface area contributed by atoms with Crippen LogP contribution < -0.4 is 0 Å². The first-order valence-corrected chi connectivity index (χ1v) is 7.65. The van der Waals surface area contributed by atoms with E-state index < -0.39 is 0 Å². The van der Waals surface area contributed by atoms with Crippen LogP contribution in [-0.2, 0) is 6.42 Å². The number of aromatic nitrogens is 2. The molecule has 0 radical (unpaired) electrons. The average Bonchev–Trinajstić information content (AvgIpc) is 2.38. The number of halogens is 3. The van der Waals surface area contributed by atoms with E-state index in [1.54, 1.807) is 0 Å². The van der Waals surface area contributed by atoms with Gasteiger partial charge in [0.2, 0.25) is 0 Å². The molecule has 0 aliphatic carbocycles. The molecule has 0 saturated carbocycles. The second-order valence-corrected chi connectivity index (χ2v) is 6.20. The minimum absolute atomic E-state index is 0.380. The molecule has 20 heavy (non-hydrogen) atoms. The number of hydrogen-bond donors (Lipinski definition) is 0. The molecule has 2 rings (SSSR count). The zero-order valence-electron chi connectivity index (χ0n) is 11.2. The maximum Gasteiger partial charge on any atom is 0.142 e. The first-order chi connectivity index (χ1) is 9.49. The SMILES string of the molecule is CN(C)CCc1nc(Cl)c(-c2ccccc2Br)c(Cl)n1. The third kappa shape index (κ3) is 3.70. The Kier molecular flexibility index (Phi) is 5.38. The van der Waals surface area contributed by atoms with E-state index in [0.29, 0.717) is 28.1 Å². The lowest BCUT2D eigenvalue weighted by Crippen LogP contribution is -2.16. The second-order valence-electron chi connectivity index (χ2n) is 4.63. The molecule has 0 N–H and O–H groups in total. The zero-order valence-corrected chi connectivity index (χ0v) is 14.3. The van der Waals surface area contributed by atoms with Crippen LogP contribution in [0.25, 0.3) is 11.1 Å². The van der Waals surface area contributed by atoms with Crippen molar-refractivity contribution in [2.45, 2.75) is 6.42 Å². The van der Waals surface area contributed by atoms with Gasteiger partial charge in [-0.3, -0.25) is 0 Å². The van der Waals surface area contributed by atoms with Crippen molar-refractivity contribution in [1.82, 2.24) is 14.9 Å². The molecule has 1 heterocycles. The van der Waals surface area contributed by atoms with Gasteiger partial charge in [-0.25, -0.2) is 9.97 Å².